The number of alkyl halides is 3. The van der Waals surface area contributed by atoms with Gasteiger partial charge in [0, 0.05) is 19.0 Å². The number of likely N-dealkylation sites (N-methyl/N-ethyl adjacent to an activating group) is 1. The van der Waals surface area contributed by atoms with Crippen molar-refractivity contribution < 1.29 is 18.0 Å². The summed E-state index contributed by atoms with van der Waals surface area (Å²) in [6.45, 7) is 1.63. The van der Waals surface area contributed by atoms with Crippen LogP contribution in [0.15, 0.2) is 53.3 Å². The summed E-state index contributed by atoms with van der Waals surface area (Å²) in [6, 6.07) is 11.6. The fourth-order valence-corrected chi connectivity index (χ4v) is 2.92. The molecule has 146 valence electrons. The van der Waals surface area contributed by atoms with E-state index in [0.29, 0.717) is 16.6 Å². The molecule has 0 N–H and O–H groups in total. The molecule has 3 aromatic rings. The molecule has 0 bridgehead atoms. The Morgan fingerprint density at radius 3 is 2.29 bits per heavy atom. The van der Waals surface area contributed by atoms with Gasteiger partial charge in [0.25, 0.3) is 5.56 Å². The van der Waals surface area contributed by atoms with Gasteiger partial charge < -0.3 is 4.90 Å². The summed E-state index contributed by atoms with van der Waals surface area (Å²) in [7, 11) is 1.53. The second kappa shape index (κ2) is 7.46. The monoisotopic (exact) mass is 389 g/mol. The van der Waals surface area contributed by atoms with E-state index in [1.54, 1.807) is 25.1 Å². The number of amides is 1. The van der Waals surface area contributed by atoms with Crippen molar-refractivity contribution in [2.45, 2.75) is 26.2 Å². The smallest absolute Gasteiger partial charge is 0.340 e. The maximum Gasteiger partial charge on any atom is 0.416 e. The van der Waals surface area contributed by atoms with Gasteiger partial charge in [-0.3, -0.25) is 9.59 Å². The lowest BCUT2D eigenvalue weighted by molar-refractivity contribution is -0.137. The van der Waals surface area contributed by atoms with Gasteiger partial charge in [-0.1, -0.05) is 30.3 Å². The lowest BCUT2D eigenvalue weighted by Gasteiger charge is -2.18. The zero-order chi connectivity index (χ0) is 20.5. The molecule has 1 heterocycles. The molecule has 0 spiro atoms. The molecule has 0 aliphatic carbocycles. The third-order valence-electron chi connectivity index (χ3n) is 4.46. The maximum atomic E-state index is 12.6. The summed E-state index contributed by atoms with van der Waals surface area (Å²) in [5.41, 5.74) is 0.0809. The third-order valence-corrected chi connectivity index (χ3v) is 4.46. The van der Waals surface area contributed by atoms with Crippen molar-refractivity contribution in [1.29, 1.82) is 0 Å². The zero-order valence-electron chi connectivity index (χ0n) is 15.3. The number of hydrogen-bond donors (Lipinski definition) is 0. The molecular weight excluding hydrogens is 371 g/mol. The molecule has 0 atom stereocenters. The molecule has 0 aliphatic rings. The minimum atomic E-state index is -4.40. The zero-order valence-corrected chi connectivity index (χ0v) is 15.3. The van der Waals surface area contributed by atoms with Gasteiger partial charge in [0.2, 0.25) is 5.91 Å². The van der Waals surface area contributed by atoms with Crippen molar-refractivity contribution in [2.24, 2.45) is 0 Å². The molecule has 1 aromatic heterocycles. The fourth-order valence-electron chi connectivity index (χ4n) is 2.92. The van der Waals surface area contributed by atoms with Crippen LogP contribution in [0.3, 0.4) is 0 Å². The number of benzene rings is 2. The molecule has 0 saturated heterocycles. The Morgan fingerprint density at radius 2 is 1.68 bits per heavy atom. The second-order valence-electron chi connectivity index (χ2n) is 6.54. The van der Waals surface area contributed by atoms with Crippen LogP contribution < -0.4 is 5.56 Å². The van der Waals surface area contributed by atoms with Crippen molar-refractivity contribution in [3.63, 3.8) is 0 Å². The summed E-state index contributed by atoms with van der Waals surface area (Å²) >= 11 is 0. The van der Waals surface area contributed by atoms with Gasteiger partial charge in [-0.15, -0.1) is 0 Å². The molecule has 8 heteroatoms. The summed E-state index contributed by atoms with van der Waals surface area (Å²) < 4.78 is 39.0. The van der Waals surface area contributed by atoms with E-state index in [4.69, 9.17) is 0 Å². The number of aryl methyl sites for hydroxylation is 1. The number of rotatable bonds is 4. The molecule has 0 aliphatic heterocycles. The largest absolute Gasteiger partial charge is 0.416 e. The highest BCUT2D eigenvalue weighted by molar-refractivity contribution is 5.83. The molecule has 28 heavy (non-hydrogen) atoms. The van der Waals surface area contributed by atoms with Crippen LogP contribution in [0.4, 0.5) is 13.2 Å². The third kappa shape index (κ3) is 4.05. The van der Waals surface area contributed by atoms with Gasteiger partial charge in [-0.25, -0.2) is 4.68 Å². The highest BCUT2D eigenvalue weighted by Gasteiger charge is 2.30. The van der Waals surface area contributed by atoms with E-state index >= 15 is 0 Å². The standard InChI is InChI=1S/C20H18F3N3O2/c1-13-16-5-3-4-6-17(16)19(28)26(24-13)12-18(27)25(2)11-14-7-9-15(10-8-14)20(21,22)23/h3-10H,11-12H2,1-2H3. The normalized spacial score (nSPS) is 11.6. The Morgan fingerprint density at radius 1 is 1.07 bits per heavy atom. The summed E-state index contributed by atoms with van der Waals surface area (Å²) in [4.78, 5) is 26.4. The van der Waals surface area contributed by atoms with Gasteiger partial charge in [-0.2, -0.15) is 18.3 Å². The minimum Gasteiger partial charge on any atom is -0.340 e. The molecular formula is C20H18F3N3O2. The number of carbonyl (C=O) groups excluding carboxylic acids is 1. The molecule has 0 saturated carbocycles. The maximum absolute atomic E-state index is 12.6. The molecule has 2 aromatic carbocycles. The average Bonchev–Trinajstić information content (AvgIpc) is 2.65. The first-order chi connectivity index (χ1) is 13.2. The highest BCUT2D eigenvalue weighted by Crippen LogP contribution is 2.29. The van der Waals surface area contributed by atoms with Crippen LogP contribution in [0.25, 0.3) is 10.8 Å². The predicted octanol–water partition coefficient (Wildman–Crippen LogP) is 3.38. The summed E-state index contributed by atoms with van der Waals surface area (Å²) in [5.74, 6) is -0.371. The number of carbonyl (C=O) groups is 1. The van der Waals surface area contributed by atoms with E-state index in [0.717, 1.165) is 22.2 Å². The Labute approximate surface area is 159 Å². The van der Waals surface area contributed by atoms with E-state index in [9.17, 15) is 22.8 Å². The minimum absolute atomic E-state index is 0.123. The number of halogens is 3. The van der Waals surface area contributed by atoms with Gasteiger partial charge in [0.15, 0.2) is 0 Å². The quantitative estimate of drug-likeness (QED) is 0.687. The lowest BCUT2D eigenvalue weighted by Crippen LogP contribution is -2.35. The van der Waals surface area contributed by atoms with Gasteiger partial charge in [-0.05, 0) is 30.7 Å². The Kier molecular flexibility index (Phi) is 5.22. The topological polar surface area (TPSA) is 55.2 Å². The first-order valence-electron chi connectivity index (χ1n) is 8.53. The van der Waals surface area contributed by atoms with Crippen molar-refractivity contribution in [2.75, 3.05) is 7.05 Å². The van der Waals surface area contributed by atoms with Crippen LogP contribution >= 0.6 is 0 Å². The van der Waals surface area contributed by atoms with Crippen LogP contribution in [0, 0.1) is 6.92 Å². The fraction of sp³-hybridized carbons (Fsp3) is 0.250. The van der Waals surface area contributed by atoms with E-state index in [-0.39, 0.29) is 24.6 Å². The number of hydrogen-bond acceptors (Lipinski definition) is 3. The van der Waals surface area contributed by atoms with Crippen molar-refractivity contribution in [3.8, 4) is 0 Å². The number of nitrogens with zero attached hydrogens (tertiary/aromatic N) is 3. The van der Waals surface area contributed by atoms with Gasteiger partial charge in [0.1, 0.15) is 6.54 Å². The van der Waals surface area contributed by atoms with E-state index in [1.807, 2.05) is 6.07 Å². The van der Waals surface area contributed by atoms with E-state index in [1.165, 1.54) is 24.1 Å². The molecule has 5 nitrogen and oxygen atoms in total. The summed E-state index contributed by atoms with van der Waals surface area (Å²) in [6.07, 6.45) is -4.40. The summed E-state index contributed by atoms with van der Waals surface area (Å²) in [5, 5.41) is 5.41. The highest BCUT2D eigenvalue weighted by atomic mass is 19.4. The van der Waals surface area contributed by atoms with Crippen LogP contribution in [-0.4, -0.2) is 27.6 Å². The van der Waals surface area contributed by atoms with Crippen LogP contribution in [0.2, 0.25) is 0 Å². The van der Waals surface area contributed by atoms with Crippen molar-refractivity contribution in [3.05, 3.63) is 75.7 Å². The predicted molar refractivity (Wildman–Crippen MR) is 98.7 cm³/mol. The molecule has 1 amide bonds. The number of aromatic nitrogens is 2. The average molecular weight is 389 g/mol. The second-order valence-corrected chi connectivity index (χ2v) is 6.54. The van der Waals surface area contributed by atoms with Crippen LogP contribution in [-0.2, 0) is 24.1 Å². The van der Waals surface area contributed by atoms with Gasteiger partial charge >= 0.3 is 6.18 Å². The Bertz CT molecular complexity index is 1070. The van der Waals surface area contributed by atoms with E-state index in [2.05, 4.69) is 5.10 Å². The van der Waals surface area contributed by atoms with Gasteiger partial charge in [0.05, 0.1) is 16.6 Å². The van der Waals surface area contributed by atoms with Crippen LogP contribution in [0.1, 0.15) is 16.8 Å². The van der Waals surface area contributed by atoms with Crippen LogP contribution in [0.5, 0.6) is 0 Å². The first-order valence-corrected chi connectivity index (χ1v) is 8.53. The first kappa shape index (κ1) is 19.6. The van der Waals surface area contributed by atoms with E-state index < -0.39 is 11.7 Å². The molecule has 3 rings (SSSR count). The molecule has 0 unspecified atom stereocenters. The lowest BCUT2D eigenvalue weighted by atomic mass is 10.1. The Balaban J connectivity index is 1.75. The number of fused-ring (bicyclic) bond motifs is 1. The van der Waals surface area contributed by atoms with Crippen molar-refractivity contribution in [1.82, 2.24) is 14.7 Å². The molecule has 0 fully saturated rings. The molecule has 0 radical (unpaired) electrons. The SMILES string of the molecule is Cc1nn(CC(=O)N(C)Cc2ccc(C(F)(F)F)cc2)c(=O)c2ccccc12. The van der Waals surface area contributed by atoms with Crippen molar-refractivity contribution >= 4 is 16.7 Å². The Hall–Kier alpha value is -3.16.